The number of ether oxygens (including phenoxy) is 1. The van der Waals surface area contributed by atoms with Crippen LogP contribution < -0.4 is 20.7 Å². The molecule has 8 heteroatoms. The van der Waals surface area contributed by atoms with Crippen molar-refractivity contribution in [2.24, 2.45) is 0 Å². The number of benzene rings is 9. The summed E-state index contributed by atoms with van der Waals surface area (Å²) in [5.74, 6) is 3.07. The molecule has 2 aliphatic heterocycles. The summed E-state index contributed by atoms with van der Waals surface area (Å²) >= 11 is 1.79. The van der Waals surface area contributed by atoms with Crippen LogP contribution in [0.15, 0.2) is 211 Å². The van der Waals surface area contributed by atoms with E-state index in [1.165, 1.54) is 20.2 Å². The average Bonchev–Trinajstić information content (AvgIpc) is 3.95. The summed E-state index contributed by atoms with van der Waals surface area (Å²) < 4.78 is 32.6. The van der Waals surface area contributed by atoms with E-state index in [1.54, 1.807) is 11.3 Å². The Morgan fingerprint density at radius 2 is 1.03 bits per heavy atom. The number of furan rings is 1. The van der Waals surface area contributed by atoms with E-state index in [0.717, 1.165) is 71.2 Å². The maximum atomic E-state index is 16.6. The summed E-state index contributed by atoms with van der Waals surface area (Å²) in [4.78, 5) is 15.5. The minimum absolute atomic E-state index is 0.526. The molecule has 2 aliphatic rings. The lowest BCUT2D eigenvalue weighted by Gasteiger charge is -2.47. The van der Waals surface area contributed by atoms with Gasteiger partial charge in [0.1, 0.15) is 22.7 Å². The van der Waals surface area contributed by atoms with Crippen LogP contribution in [0.2, 0.25) is 0 Å². The van der Waals surface area contributed by atoms with Crippen molar-refractivity contribution in [3.63, 3.8) is 0 Å². The second kappa shape index (κ2) is 14.0. The van der Waals surface area contributed by atoms with Gasteiger partial charge in [-0.25, -0.2) is 15.0 Å². The number of thiophene rings is 1. The van der Waals surface area contributed by atoms with Gasteiger partial charge >= 0.3 is 0 Å². The van der Waals surface area contributed by atoms with Gasteiger partial charge in [-0.1, -0.05) is 152 Å². The smallest absolute Gasteiger partial charge is 0.171 e. The molecular weight excluding hydrogens is 850 g/mol. The maximum absolute atomic E-state index is 16.6. The molecule has 0 bridgehead atoms. The highest BCUT2D eigenvalue weighted by Crippen LogP contribution is 2.62. The zero-order valence-electron chi connectivity index (χ0n) is 35.1. The lowest BCUT2D eigenvalue weighted by atomic mass is 9.63. The van der Waals surface area contributed by atoms with E-state index in [0.29, 0.717) is 34.6 Å². The third-order valence-electron chi connectivity index (χ3n) is 13.5. The number of hydrogen-bond donors (Lipinski definition) is 0. The molecule has 12 aromatic rings. The van der Waals surface area contributed by atoms with Crippen molar-refractivity contribution in [1.29, 1.82) is 0 Å². The highest BCUT2D eigenvalue weighted by molar-refractivity contribution is 7.85. The highest BCUT2D eigenvalue weighted by Gasteiger charge is 2.55. The number of hydrogen-bond acceptors (Lipinski definition) is 7. The Morgan fingerprint density at radius 1 is 0.409 bits per heavy atom. The van der Waals surface area contributed by atoms with Crippen LogP contribution >= 0.6 is 18.5 Å². The monoisotopic (exact) mass is 883 g/mol. The predicted octanol–water partition coefficient (Wildman–Crippen LogP) is 13.6. The van der Waals surface area contributed by atoms with Crippen LogP contribution in [0, 0.1) is 0 Å². The molecule has 0 aliphatic carbocycles. The first-order chi connectivity index (χ1) is 32.6. The first kappa shape index (κ1) is 37.4. The molecule has 3 aromatic heterocycles. The van der Waals surface area contributed by atoms with Gasteiger partial charge in [-0.15, -0.1) is 11.3 Å². The van der Waals surface area contributed by atoms with Crippen LogP contribution in [0.5, 0.6) is 11.5 Å². The van der Waals surface area contributed by atoms with Gasteiger partial charge in [-0.3, -0.25) is 0 Å². The van der Waals surface area contributed by atoms with Crippen LogP contribution in [0.4, 0.5) is 0 Å². The summed E-state index contributed by atoms with van der Waals surface area (Å²) in [7, 11) is -3.49. The molecule has 9 aromatic carbocycles. The second-order valence-corrected chi connectivity index (χ2v) is 20.7. The molecule has 0 fully saturated rings. The van der Waals surface area contributed by atoms with Gasteiger partial charge in [-0.05, 0) is 65.7 Å². The minimum atomic E-state index is -3.49. The Hall–Kier alpha value is -7.96. The van der Waals surface area contributed by atoms with Gasteiger partial charge in [0, 0.05) is 74.7 Å². The Labute approximate surface area is 382 Å². The van der Waals surface area contributed by atoms with Crippen molar-refractivity contribution >= 4 is 76.5 Å². The predicted molar refractivity (Wildman–Crippen MR) is 268 cm³/mol. The molecule has 5 heterocycles. The highest BCUT2D eigenvalue weighted by atomic mass is 32.1. The first-order valence-corrected chi connectivity index (χ1v) is 24.5. The van der Waals surface area contributed by atoms with Crippen molar-refractivity contribution in [2.75, 3.05) is 0 Å². The normalized spacial score (nSPS) is 17.1. The fourth-order valence-corrected chi connectivity index (χ4v) is 14.8. The molecular formula is C58H34N3O3PS. The van der Waals surface area contributed by atoms with E-state index < -0.39 is 12.6 Å². The van der Waals surface area contributed by atoms with Crippen molar-refractivity contribution in [1.82, 2.24) is 15.0 Å². The SMILES string of the molecule is O=P1(c2ccccc2)c2ccccc2C2(c3ccccc3Oc3cc(-c4nc(-c5ccccc5)nc(-c5ccc6sc7ccccc7c6c5)n4)ccc32)c2cc3c(cc21)oc1ccccc13. The van der Waals surface area contributed by atoms with E-state index in [4.69, 9.17) is 24.1 Å². The fourth-order valence-electron chi connectivity index (χ4n) is 10.6. The van der Waals surface area contributed by atoms with Crippen molar-refractivity contribution in [2.45, 2.75) is 5.41 Å². The fraction of sp³-hybridized carbons (Fsp3) is 0.0172. The van der Waals surface area contributed by atoms with Crippen molar-refractivity contribution in [3.05, 3.63) is 229 Å². The third-order valence-corrected chi connectivity index (χ3v) is 17.8. The number of para-hydroxylation sites is 2. The van der Waals surface area contributed by atoms with Crippen LogP contribution in [0.1, 0.15) is 22.3 Å². The summed E-state index contributed by atoms with van der Waals surface area (Å²) in [6, 6.07) is 70.2. The number of nitrogens with zero attached hydrogens (tertiary/aromatic N) is 3. The zero-order chi connectivity index (χ0) is 43.6. The summed E-state index contributed by atoms with van der Waals surface area (Å²) in [5, 5.41) is 6.65. The Bertz CT molecular complexity index is 4030. The standard InChI is InChI=1S/C58H34N3O3PS/c62-65(38-17-5-2-6-18-38)51-25-13-10-22-45(51)58(46-33-41-39-19-7-11-23-47(39)63-49(41)34-52(46)65)43-21-9-12-24-48(43)64-50-32-37(27-29-44(50)58)57-60-55(35-15-3-1-4-16-35)59-56(61-57)36-28-30-54-42(31-36)40-20-8-14-26-53(40)66-54/h1-34H. The van der Waals surface area contributed by atoms with Gasteiger partial charge in [0.15, 0.2) is 24.6 Å². The lowest BCUT2D eigenvalue weighted by molar-refractivity contribution is 0.435. The van der Waals surface area contributed by atoms with Crippen LogP contribution in [0.3, 0.4) is 0 Å². The van der Waals surface area contributed by atoms with E-state index in [-0.39, 0.29) is 0 Å². The van der Waals surface area contributed by atoms with Crippen LogP contribution in [-0.2, 0) is 9.98 Å². The van der Waals surface area contributed by atoms with Crippen LogP contribution in [0.25, 0.3) is 76.3 Å². The van der Waals surface area contributed by atoms with E-state index in [9.17, 15) is 0 Å². The van der Waals surface area contributed by atoms with Gasteiger partial charge in [0.05, 0.1) is 5.41 Å². The molecule has 2 unspecified atom stereocenters. The van der Waals surface area contributed by atoms with E-state index >= 15 is 4.57 Å². The average molecular weight is 884 g/mol. The second-order valence-electron chi connectivity index (χ2n) is 17.0. The van der Waals surface area contributed by atoms with Crippen LogP contribution in [-0.4, -0.2) is 15.0 Å². The molecule has 6 nitrogen and oxygen atoms in total. The Morgan fingerprint density at radius 3 is 1.86 bits per heavy atom. The summed E-state index contributed by atoms with van der Waals surface area (Å²) in [6.07, 6.45) is 0. The van der Waals surface area contributed by atoms with Gasteiger partial charge < -0.3 is 13.7 Å². The number of fused-ring (bicyclic) bond motifs is 14. The molecule has 0 saturated carbocycles. The molecule has 2 atom stereocenters. The molecule has 1 spiro atoms. The van der Waals surface area contributed by atoms with Crippen molar-refractivity contribution in [3.8, 4) is 45.7 Å². The molecule has 0 N–H and O–H groups in total. The third kappa shape index (κ3) is 5.24. The molecule has 14 rings (SSSR count). The lowest BCUT2D eigenvalue weighted by Crippen LogP contribution is -2.47. The first-order valence-electron chi connectivity index (χ1n) is 21.9. The minimum Gasteiger partial charge on any atom is -0.457 e. The van der Waals surface area contributed by atoms with Gasteiger partial charge in [0.25, 0.3) is 0 Å². The topological polar surface area (TPSA) is 78.1 Å². The van der Waals surface area contributed by atoms with E-state index in [2.05, 4.69) is 109 Å². The Kier molecular flexibility index (Phi) is 7.95. The molecule has 0 saturated heterocycles. The Balaban J connectivity index is 1.03. The quantitative estimate of drug-likeness (QED) is 0.164. The number of rotatable bonds is 4. The molecule has 0 amide bonds. The van der Waals surface area contributed by atoms with E-state index in [1.807, 2.05) is 97.1 Å². The molecule has 0 radical (unpaired) electrons. The maximum Gasteiger partial charge on any atom is 0.171 e. The largest absolute Gasteiger partial charge is 0.457 e. The summed E-state index contributed by atoms with van der Waals surface area (Å²) in [5.41, 5.74) is 6.89. The number of aromatic nitrogens is 3. The van der Waals surface area contributed by atoms with Gasteiger partial charge in [-0.2, -0.15) is 0 Å². The molecule has 310 valence electrons. The zero-order valence-corrected chi connectivity index (χ0v) is 36.8. The van der Waals surface area contributed by atoms with Gasteiger partial charge in [0.2, 0.25) is 0 Å². The summed E-state index contributed by atoms with van der Waals surface area (Å²) in [6.45, 7) is 0. The molecule has 66 heavy (non-hydrogen) atoms. The van der Waals surface area contributed by atoms with Crippen molar-refractivity contribution < 1.29 is 13.7 Å².